The SMILES string of the molecule is O=C(CSc1nc2ccccc2c2ccccc12)c1ccc(Cl)cc1. The second-order valence-corrected chi connectivity index (χ2v) is 7.10. The van der Waals surface area contributed by atoms with Crippen molar-refractivity contribution in [2.24, 2.45) is 0 Å². The highest BCUT2D eigenvalue weighted by molar-refractivity contribution is 8.00. The first-order valence-electron chi connectivity index (χ1n) is 7.91. The predicted octanol–water partition coefficient (Wildman–Crippen LogP) is 6.02. The summed E-state index contributed by atoms with van der Waals surface area (Å²) < 4.78 is 0. The topological polar surface area (TPSA) is 30.0 Å². The zero-order valence-electron chi connectivity index (χ0n) is 13.3. The van der Waals surface area contributed by atoms with Gasteiger partial charge >= 0.3 is 0 Å². The molecule has 1 aromatic heterocycles. The van der Waals surface area contributed by atoms with Crippen LogP contribution in [0.3, 0.4) is 0 Å². The summed E-state index contributed by atoms with van der Waals surface area (Å²) >= 11 is 7.36. The van der Waals surface area contributed by atoms with Crippen LogP contribution in [0.15, 0.2) is 77.8 Å². The number of hydrogen-bond donors (Lipinski definition) is 0. The van der Waals surface area contributed by atoms with Gasteiger partial charge in [-0.05, 0) is 35.7 Å². The van der Waals surface area contributed by atoms with Crippen LogP contribution in [0.25, 0.3) is 21.7 Å². The van der Waals surface area contributed by atoms with Crippen molar-refractivity contribution in [3.05, 3.63) is 83.4 Å². The van der Waals surface area contributed by atoms with Gasteiger partial charge in [-0.1, -0.05) is 65.8 Å². The average molecular weight is 364 g/mol. The Morgan fingerprint density at radius 3 is 2.24 bits per heavy atom. The molecule has 3 aromatic carbocycles. The van der Waals surface area contributed by atoms with Gasteiger partial charge in [0.05, 0.1) is 11.3 Å². The number of thioether (sulfide) groups is 1. The van der Waals surface area contributed by atoms with Gasteiger partial charge in [0.1, 0.15) is 5.03 Å². The van der Waals surface area contributed by atoms with Crippen LogP contribution in [-0.4, -0.2) is 16.5 Å². The molecule has 0 aliphatic heterocycles. The quantitative estimate of drug-likeness (QED) is 0.252. The van der Waals surface area contributed by atoms with Crippen molar-refractivity contribution >= 4 is 50.8 Å². The summed E-state index contributed by atoms with van der Waals surface area (Å²) in [6.45, 7) is 0. The number of rotatable bonds is 4. The molecule has 1 heterocycles. The molecule has 0 unspecified atom stereocenters. The van der Waals surface area contributed by atoms with E-state index in [1.165, 1.54) is 11.8 Å². The maximum atomic E-state index is 12.4. The number of carbonyl (C=O) groups excluding carboxylic acids is 1. The number of nitrogens with zero attached hydrogens (tertiary/aromatic N) is 1. The summed E-state index contributed by atoms with van der Waals surface area (Å²) in [6, 6.07) is 23.3. The van der Waals surface area contributed by atoms with E-state index in [1.54, 1.807) is 24.3 Å². The van der Waals surface area contributed by atoms with Gasteiger partial charge in [0.2, 0.25) is 0 Å². The highest BCUT2D eigenvalue weighted by Crippen LogP contribution is 2.32. The lowest BCUT2D eigenvalue weighted by molar-refractivity contribution is 0.102. The van der Waals surface area contributed by atoms with Crippen molar-refractivity contribution in [1.82, 2.24) is 4.98 Å². The van der Waals surface area contributed by atoms with Gasteiger partial charge in [-0.2, -0.15) is 0 Å². The Kier molecular flexibility index (Phi) is 4.43. The molecule has 0 spiro atoms. The number of fused-ring (bicyclic) bond motifs is 3. The summed E-state index contributed by atoms with van der Waals surface area (Å²) in [6.07, 6.45) is 0. The molecule has 0 atom stereocenters. The van der Waals surface area contributed by atoms with Crippen LogP contribution in [0.5, 0.6) is 0 Å². The summed E-state index contributed by atoms with van der Waals surface area (Å²) in [4.78, 5) is 17.2. The molecule has 0 aliphatic rings. The fourth-order valence-electron chi connectivity index (χ4n) is 2.84. The van der Waals surface area contributed by atoms with Gasteiger partial charge in [-0.3, -0.25) is 4.79 Å². The highest BCUT2D eigenvalue weighted by atomic mass is 35.5. The molecule has 0 aliphatic carbocycles. The first-order valence-corrected chi connectivity index (χ1v) is 9.28. The molecule has 122 valence electrons. The Morgan fingerprint density at radius 2 is 1.48 bits per heavy atom. The molecule has 0 fully saturated rings. The second kappa shape index (κ2) is 6.87. The Balaban J connectivity index is 1.68. The van der Waals surface area contributed by atoms with Gasteiger partial charge in [-0.15, -0.1) is 0 Å². The molecular formula is C21H14ClNOS. The normalized spacial score (nSPS) is 11.1. The molecule has 25 heavy (non-hydrogen) atoms. The predicted molar refractivity (Wildman–Crippen MR) is 106 cm³/mol. The van der Waals surface area contributed by atoms with Crippen molar-refractivity contribution in [2.75, 3.05) is 5.75 Å². The number of carbonyl (C=O) groups is 1. The number of hydrogen-bond acceptors (Lipinski definition) is 3. The number of Topliss-reactive ketones (excluding diaryl/α,β-unsaturated/α-hetero) is 1. The molecule has 0 N–H and O–H groups in total. The Hall–Kier alpha value is -2.36. The number of benzene rings is 3. The number of para-hydroxylation sites is 1. The Labute approximate surface area is 154 Å². The maximum Gasteiger partial charge on any atom is 0.173 e. The largest absolute Gasteiger partial charge is 0.293 e. The fraction of sp³-hybridized carbons (Fsp3) is 0.0476. The lowest BCUT2D eigenvalue weighted by atomic mass is 10.1. The van der Waals surface area contributed by atoms with Crippen molar-refractivity contribution in [2.45, 2.75) is 5.03 Å². The van der Waals surface area contributed by atoms with E-state index in [1.807, 2.05) is 30.3 Å². The molecule has 4 heteroatoms. The molecule has 2 nitrogen and oxygen atoms in total. The minimum atomic E-state index is 0.0701. The molecular weight excluding hydrogens is 350 g/mol. The lowest BCUT2D eigenvalue weighted by Gasteiger charge is -2.09. The molecule has 0 bridgehead atoms. The molecule has 0 radical (unpaired) electrons. The van der Waals surface area contributed by atoms with Gasteiger partial charge in [0.25, 0.3) is 0 Å². The van der Waals surface area contributed by atoms with Crippen LogP contribution >= 0.6 is 23.4 Å². The third-order valence-electron chi connectivity index (χ3n) is 4.08. The zero-order chi connectivity index (χ0) is 17.2. The van der Waals surface area contributed by atoms with Crippen LogP contribution in [0.4, 0.5) is 0 Å². The summed E-state index contributed by atoms with van der Waals surface area (Å²) in [5.74, 6) is 0.414. The van der Waals surface area contributed by atoms with Crippen LogP contribution in [0, 0.1) is 0 Å². The Bertz CT molecular complexity index is 1080. The van der Waals surface area contributed by atoms with Gasteiger partial charge in [0, 0.05) is 21.4 Å². The zero-order valence-corrected chi connectivity index (χ0v) is 14.8. The first-order chi connectivity index (χ1) is 12.2. The molecule has 4 rings (SSSR count). The number of ketones is 1. The number of halogens is 1. The van der Waals surface area contributed by atoms with E-state index in [-0.39, 0.29) is 5.78 Å². The van der Waals surface area contributed by atoms with E-state index in [2.05, 4.69) is 18.2 Å². The molecule has 0 saturated heterocycles. The van der Waals surface area contributed by atoms with Crippen LogP contribution < -0.4 is 0 Å². The monoisotopic (exact) mass is 363 g/mol. The van der Waals surface area contributed by atoms with Crippen molar-refractivity contribution in [3.63, 3.8) is 0 Å². The second-order valence-electron chi connectivity index (χ2n) is 5.70. The summed E-state index contributed by atoms with van der Waals surface area (Å²) in [5.41, 5.74) is 1.62. The third kappa shape index (κ3) is 3.26. The lowest BCUT2D eigenvalue weighted by Crippen LogP contribution is -2.02. The molecule has 4 aromatic rings. The van der Waals surface area contributed by atoms with Crippen molar-refractivity contribution in [1.29, 1.82) is 0 Å². The smallest absolute Gasteiger partial charge is 0.173 e. The van der Waals surface area contributed by atoms with Gasteiger partial charge in [0.15, 0.2) is 5.78 Å². The van der Waals surface area contributed by atoms with E-state index >= 15 is 0 Å². The van der Waals surface area contributed by atoms with Crippen molar-refractivity contribution in [3.8, 4) is 0 Å². The van der Waals surface area contributed by atoms with E-state index in [0.717, 1.165) is 26.7 Å². The number of aromatic nitrogens is 1. The summed E-state index contributed by atoms with van der Waals surface area (Å²) in [5, 5.41) is 4.89. The highest BCUT2D eigenvalue weighted by Gasteiger charge is 2.11. The van der Waals surface area contributed by atoms with E-state index < -0.39 is 0 Å². The summed E-state index contributed by atoms with van der Waals surface area (Å²) in [7, 11) is 0. The van der Waals surface area contributed by atoms with E-state index in [0.29, 0.717) is 16.3 Å². The first kappa shape index (κ1) is 16.1. The van der Waals surface area contributed by atoms with Gasteiger partial charge < -0.3 is 0 Å². The molecule has 0 amide bonds. The third-order valence-corrected chi connectivity index (χ3v) is 5.32. The van der Waals surface area contributed by atoms with Crippen LogP contribution in [0.1, 0.15) is 10.4 Å². The Morgan fingerprint density at radius 1 is 0.840 bits per heavy atom. The number of pyridine rings is 1. The molecule has 0 saturated carbocycles. The minimum absolute atomic E-state index is 0.0701. The van der Waals surface area contributed by atoms with Crippen LogP contribution in [-0.2, 0) is 0 Å². The van der Waals surface area contributed by atoms with E-state index in [9.17, 15) is 4.79 Å². The van der Waals surface area contributed by atoms with Crippen molar-refractivity contribution < 1.29 is 4.79 Å². The average Bonchev–Trinajstić information content (AvgIpc) is 2.66. The standard InChI is InChI=1S/C21H14ClNOS/c22-15-11-9-14(10-12-15)20(24)13-25-21-18-7-2-1-5-16(18)17-6-3-4-8-19(17)23-21/h1-12H,13H2. The fourth-order valence-corrected chi connectivity index (χ4v) is 3.89. The van der Waals surface area contributed by atoms with E-state index in [4.69, 9.17) is 16.6 Å². The van der Waals surface area contributed by atoms with Gasteiger partial charge in [-0.25, -0.2) is 4.98 Å². The van der Waals surface area contributed by atoms with Crippen LogP contribution in [0.2, 0.25) is 5.02 Å². The maximum absolute atomic E-state index is 12.4. The minimum Gasteiger partial charge on any atom is -0.293 e.